The van der Waals surface area contributed by atoms with Gasteiger partial charge in [0.25, 0.3) is 0 Å². The topological polar surface area (TPSA) is 26.0 Å². The molecule has 0 aliphatic rings. The van der Waals surface area contributed by atoms with Gasteiger partial charge in [0.05, 0.1) is 5.01 Å². The largest absolute Gasteiger partial charge is 0.460 e. The first-order chi connectivity index (χ1) is 7.29. The maximum absolute atomic E-state index is 5.64. The molecule has 0 N–H and O–H groups in total. The summed E-state index contributed by atoms with van der Waals surface area (Å²) in [5, 5.41) is 3.15. The molecule has 0 radical (unpaired) electrons. The highest BCUT2D eigenvalue weighted by Crippen LogP contribution is 2.24. The van der Waals surface area contributed by atoms with Crippen LogP contribution in [0.3, 0.4) is 0 Å². The van der Waals surface area contributed by atoms with Crippen molar-refractivity contribution in [3.05, 3.63) is 28.3 Å². The zero-order chi connectivity index (χ0) is 10.7. The average molecular weight is 242 g/mol. The molecule has 0 aliphatic heterocycles. The standard InChI is InChI=1S/C11H12ClNOS/c1-8-4-5-10(14-8)9-7-15-11(13-9)3-2-6-12/h4-5,7H,2-3,6H2,1H3. The molecule has 2 rings (SSSR count). The zero-order valence-corrected chi connectivity index (χ0v) is 10.1. The van der Waals surface area contributed by atoms with E-state index in [0.29, 0.717) is 5.88 Å². The molecule has 15 heavy (non-hydrogen) atoms. The van der Waals surface area contributed by atoms with Gasteiger partial charge in [-0.2, -0.15) is 0 Å². The fraction of sp³-hybridized carbons (Fsp3) is 0.364. The Morgan fingerprint density at radius 2 is 2.33 bits per heavy atom. The number of nitrogens with zero attached hydrogens (tertiary/aromatic N) is 1. The van der Waals surface area contributed by atoms with Crippen LogP contribution in [-0.2, 0) is 6.42 Å². The predicted octanol–water partition coefficient (Wildman–Crippen LogP) is 3.88. The van der Waals surface area contributed by atoms with E-state index in [9.17, 15) is 0 Å². The number of aromatic nitrogens is 1. The number of alkyl halides is 1. The van der Waals surface area contributed by atoms with E-state index in [1.54, 1.807) is 11.3 Å². The third-order valence-corrected chi connectivity index (χ3v) is 3.24. The lowest BCUT2D eigenvalue weighted by atomic mass is 10.3. The minimum atomic E-state index is 0.689. The predicted molar refractivity (Wildman–Crippen MR) is 63.6 cm³/mol. The summed E-state index contributed by atoms with van der Waals surface area (Å²) in [6.45, 7) is 1.93. The highest BCUT2D eigenvalue weighted by Gasteiger charge is 2.07. The molecule has 0 aliphatic carbocycles. The lowest BCUT2D eigenvalue weighted by Gasteiger charge is -1.91. The Bertz CT molecular complexity index is 435. The lowest BCUT2D eigenvalue weighted by molar-refractivity contribution is 0.546. The van der Waals surface area contributed by atoms with E-state index < -0.39 is 0 Å². The van der Waals surface area contributed by atoms with Gasteiger partial charge in [-0.1, -0.05) is 0 Å². The Labute approximate surface area is 97.9 Å². The van der Waals surface area contributed by atoms with Gasteiger partial charge in [-0.15, -0.1) is 22.9 Å². The maximum atomic E-state index is 5.64. The normalized spacial score (nSPS) is 10.8. The molecule has 0 unspecified atom stereocenters. The molecule has 2 aromatic rings. The maximum Gasteiger partial charge on any atom is 0.153 e. The van der Waals surface area contributed by atoms with Crippen LogP contribution in [0.5, 0.6) is 0 Å². The number of halogens is 1. The van der Waals surface area contributed by atoms with Crippen LogP contribution >= 0.6 is 22.9 Å². The molecule has 0 saturated carbocycles. The minimum absolute atomic E-state index is 0.689. The van der Waals surface area contributed by atoms with Crippen molar-refractivity contribution in [1.82, 2.24) is 4.98 Å². The van der Waals surface area contributed by atoms with E-state index in [1.807, 2.05) is 24.4 Å². The van der Waals surface area contributed by atoms with Gasteiger partial charge in [0, 0.05) is 17.7 Å². The summed E-state index contributed by atoms with van der Waals surface area (Å²) in [6, 6.07) is 3.91. The van der Waals surface area contributed by atoms with Crippen molar-refractivity contribution >= 4 is 22.9 Å². The molecule has 80 valence electrons. The fourth-order valence-corrected chi connectivity index (χ4v) is 2.29. The van der Waals surface area contributed by atoms with E-state index in [1.165, 1.54) is 0 Å². The third kappa shape index (κ3) is 2.61. The highest BCUT2D eigenvalue weighted by molar-refractivity contribution is 7.09. The van der Waals surface area contributed by atoms with Gasteiger partial charge in [-0.3, -0.25) is 0 Å². The van der Waals surface area contributed by atoms with E-state index in [-0.39, 0.29) is 0 Å². The van der Waals surface area contributed by atoms with Gasteiger partial charge in [0.1, 0.15) is 11.5 Å². The van der Waals surface area contributed by atoms with Crippen LogP contribution in [0, 0.1) is 6.92 Å². The molecule has 0 saturated heterocycles. The summed E-state index contributed by atoms with van der Waals surface area (Å²) >= 11 is 7.30. The smallest absolute Gasteiger partial charge is 0.153 e. The van der Waals surface area contributed by atoms with Gasteiger partial charge < -0.3 is 4.42 Å². The number of thiazole rings is 1. The zero-order valence-electron chi connectivity index (χ0n) is 8.50. The van der Waals surface area contributed by atoms with Gasteiger partial charge in [-0.05, 0) is 25.5 Å². The molecule has 2 aromatic heterocycles. The second-order valence-electron chi connectivity index (χ2n) is 3.33. The van der Waals surface area contributed by atoms with E-state index in [4.69, 9.17) is 16.0 Å². The average Bonchev–Trinajstić information content (AvgIpc) is 2.83. The lowest BCUT2D eigenvalue weighted by Crippen LogP contribution is -1.84. The van der Waals surface area contributed by atoms with Crippen LogP contribution in [0.25, 0.3) is 11.5 Å². The molecule has 4 heteroatoms. The third-order valence-electron chi connectivity index (χ3n) is 2.07. The molecular weight excluding hydrogens is 230 g/mol. The molecule has 0 aromatic carbocycles. The molecule has 0 atom stereocenters. The van der Waals surface area contributed by atoms with Crippen LogP contribution in [0.1, 0.15) is 17.2 Å². The van der Waals surface area contributed by atoms with Crippen LogP contribution in [-0.4, -0.2) is 10.9 Å². The van der Waals surface area contributed by atoms with E-state index in [2.05, 4.69) is 4.98 Å². The molecule has 0 spiro atoms. The molecular formula is C11H12ClNOS. The summed E-state index contributed by atoms with van der Waals surface area (Å²) in [4.78, 5) is 4.50. The van der Waals surface area contributed by atoms with Gasteiger partial charge in [-0.25, -0.2) is 4.98 Å². The SMILES string of the molecule is Cc1ccc(-c2csc(CCCCl)n2)o1. The fourth-order valence-electron chi connectivity index (χ4n) is 1.33. The van der Waals surface area contributed by atoms with Crippen molar-refractivity contribution in [2.24, 2.45) is 0 Å². The van der Waals surface area contributed by atoms with Crippen molar-refractivity contribution < 1.29 is 4.42 Å². The summed E-state index contributed by atoms with van der Waals surface area (Å²) < 4.78 is 5.51. The second-order valence-corrected chi connectivity index (χ2v) is 4.65. The number of aryl methyl sites for hydroxylation is 2. The second kappa shape index (κ2) is 4.81. The first kappa shape index (κ1) is 10.7. The first-order valence-corrected chi connectivity index (χ1v) is 6.28. The first-order valence-electron chi connectivity index (χ1n) is 4.87. The van der Waals surface area contributed by atoms with Crippen molar-refractivity contribution in [3.63, 3.8) is 0 Å². The Kier molecular flexibility index (Phi) is 3.44. The van der Waals surface area contributed by atoms with Crippen LogP contribution in [0.15, 0.2) is 21.9 Å². The Balaban J connectivity index is 2.13. The van der Waals surface area contributed by atoms with Gasteiger partial charge >= 0.3 is 0 Å². The van der Waals surface area contributed by atoms with Crippen molar-refractivity contribution in [1.29, 1.82) is 0 Å². The Morgan fingerprint density at radius 3 is 3.00 bits per heavy atom. The van der Waals surface area contributed by atoms with Gasteiger partial charge in [0.2, 0.25) is 0 Å². The van der Waals surface area contributed by atoms with Crippen LogP contribution < -0.4 is 0 Å². The monoisotopic (exact) mass is 241 g/mol. The highest BCUT2D eigenvalue weighted by atomic mass is 35.5. The molecule has 0 fully saturated rings. The number of hydrogen-bond donors (Lipinski definition) is 0. The Morgan fingerprint density at radius 1 is 1.47 bits per heavy atom. The van der Waals surface area contributed by atoms with Crippen LogP contribution in [0.4, 0.5) is 0 Å². The van der Waals surface area contributed by atoms with E-state index in [0.717, 1.165) is 35.1 Å². The number of furan rings is 1. The van der Waals surface area contributed by atoms with Crippen molar-refractivity contribution in [2.75, 3.05) is 5.88 Å². The quantitative estimate of drug-likeness (QED) is 0.760. The Hall–Kier alpha value is -0.800. The summed E-state index contributed by atoms with van der Waals surface area (Å²) in [6.07, 6.45) is 1.93. The van der Waals surface area contributed by atoms with Gasteiger partial charge in [0.15, 0.2) is 5.76 Å². The molecule has 0 bridgehead atoms. The molecule has 0 amide bonds. The van der Waals surface area contributed by atoms with Crippen molar-refractivity contribution in [2.45, 2.75) is 19.8 Å². The van der Waals surface area contributed by atoms with E-state index >= 15 is 0 Å². The van der Waals surface area contributed by atoms with Crippen LogP contribution in [0.2, 0.25) is 0 Å². The van der Waals surface area contributed by atoms with Crippen molar-refractivity contribution in [3.8, 4) is 11.5 Å². The number of hydrogen-bond acceptors (Lipinski definition) is 3. The summed E-state index contributed by atoms with van der Waals surface area (Å²) in [5.41, 5.74) is 0.928. The molecule has 2 heterocycles. The summed E-state index contributed by atoms with van der Waals surface area (Å²) in [5.74, 6) is 2.45. The number of rotatable bonds is 4. The summed E-state index contributed by atoms with van der Waals surface area (Å²) in [7, 11) is 0. The molecule has 2 nitrogen and oxygen atoms in total. The minimum Gasteiger partial charge on any atom is -0.460 e.